The summed E-state index contributed by atoms with van der Waals surface area (Å²) in [6.45, 7) is 3.72. The third-order valence-electron chi connectivity index (χ3n) is 3.35. The molecule has 1 rings (SSSR count). The number of alkyl halides is 1. The Kier molecular flexibility index (Phi) is 6.36. The summed E-state index contributed by atoms with van der Waals surface area (Å²) in [5, 5.41) is 2.96. The molecule has 16 heavy (non-hydrogen) atoms. The van der Waals surface area contributed by atoms with Crippen molar-refractivity contribution >= 4 is 21.8 Å². The maximum atomic E-state index is 11.5. The zero-order valence-electron chi connectivity index (χ0n) is 10.3. The lowest BCUT2D eigenvalue weighted by Gasteiger charge is -2.24. The number of rotatable bonds is 6. The standard InChI is InChI=1S/C12H23BrN2O/c1-3-11(13)12(16)14-8-9-15(2)10-6-4-5-7-10/h10-11H,3-9H2,1-2H3,(H,14,16). The largest absolute Gasteiger partial charge is 0.354 e. The highest BCUT2D eigenvalue weighted by molar-refractivity contribution is 9.10. The van der Waals surface area contributed by atoms with Crippen LogP contribution in [0.5, 0.6) is 0 Å². The predicted octanol–water partition coefficient (Wildman–Crippen LogP) is 2.15. The number of nitrogens with zero attached hydrogens (tertiary/aromatic N) is 1. The Bertz CT molecular complexity index is 217. The average molecular weight is 291 g/mol. The number of amides is 1. The lowest BCUT2D eigenvalue weighted by molar-refractivity contribution is -0.120. The number of hydrogen-bond donors (Lipinski definition) is 1. The molecular weight excluding hydrogens is 268 g/mol. The van der Waals surface area contributed by atoms with E-state index >= 15 is 0 Å². The lowest BCUT2D eigenvalue weighted by Crippen LogP contribution is -2.39. The van der Waals surface area contributed by atoms with Crippen molar-refractivity contribution in [2.24, 2.45) is 0 Å². The summed E-state index contributed by atoms with van der Waals surface area (Å²) >= 11 is 3.35. The van der Waals surface area contributed by atoms with Crippen molar-refractivity contribution in [3.63, 3.8) is 0 Å². The second-order valence-corrected chi connectivity index (χ2v) is 5.69. The minimum absolute atomic E-state index is 0.0377. The van der Waals surface area contributed by atoms with Crippen molar-refractivity contribution in [1.29, 1.82) is 0 Å². The van der Waals surface area contributed by atoms with E-state index in [9.17, 15) is 4.79 Å². The molecule has 0 aromatic heterocycles. The van der Waals surface area contributed by atoms with Crippen LogP contribution in [-0.2, 0) is 4.79 Å². The first-order valence-corrected chi connectivity index (χ1v) is 7.18. The van der Waals surface area contributed by atoms with Crippen molar-refractivity contribution in [2.45, 2.75) is 49.9 Å². The molecule has 0 saturated heterocycles. The molecule has 94 valence electrons. The molecule has 1 aliphatic rings. The normalized spacial score (nSPS) is 19.0. The van der Waals surface area contributed by atoms with E-state index in [1.807, 2.05) is 6.92 Å². The van der Waals surface area contributed by atoms with Gasteiger partial charge in [0.15, 0.2) is 0 Å². The molecular formula is C12H23BrN2O. The first-order chi connectivity index (χ1) is 7.65. The molecule has 1 atom stereocenters. The minimum atomic E-state index is -0.0377. The van der Waals surface area contributed by atoms with Crippen molar-refractivity contribution in [3.05, 3.63) is 0 Å². The quantitative estimate of drug-likeness (QED) is 0.761. The van der Waals surface area contributed by atoms with E-state index in [1.54, 1.807) is 0 Å². The van der Waals surface area contributed by atoms with E-state index in [0.717, 1.165) is 25.6 Å². The molecule has 0 aromatic rings. The van der Waals surface area contributed by atoms with Crippen molar-refractivity contribution in [3.8, 4) is 0 Å². The highest BCUT2D eigenvalue weighted by Gasteiger charge is 2.19. The third-order valence-corrected chi connectivity index (χ3v) is 4.42. The summed E-state index contributed by atoms with van der Waals surface area (Å²) in [7, 11) is 2.16. The molecule has 1 aliphatic carbocycles. The average Bonchev–Trinajstić information content (AvgIpc) is 2.81. The number of carbonyl (C=O) groups excluding carboxylic acids is 1. The fraction of sp³-hybridized carbons (Fsp3) is 0.917. The number of hydrogen-bond acceptors (Lipinski definition) is 2. The summed E-state index contributed by atoms with van der Waals surface area (Å²) in [4.78, 5) is 13.8. The molecule has 0 bridgehead atoms. The van der Waals surface area contributed by atoms with Gasteiger partial charge in [-0.15, -0.1) is 0 Å². The van der Waals surface area contributed by atoms with Crippen LogP contribution in [-0.4, -0.2) is 41.8 Å². The van der Waals surface area contributed by atoms with Crippen LogP contribution in [0.2, 0.25) is 0 Å². The molecule has 1 N–H and O–H groups in total. The maximum absolute atomic E-state index is 11.5. The Morgan fingerprint density at radius 3 is 2.69 bits per heavy atom. The summed E-state index contributed by atoms with van der Waals surface area (Å²) in [6, 6.07) is 0.739. The first-order valence-electron chi connectivity index (χ1n) is 6.27. The van der Waals surface area contributed by atoms with E-state index in [1.165, 1.54) is 25.7 Å². The van der Waals surface area contributed by atoms with Crippen LogP contribution < -0.4 is 5.32 Å². The predicted molar refractivity (Wildman–Crippen MR) is 70.9 cm³/mol. The number of likely N-dealkylation sites (N-methyl/N-ethyl adjacent to an activating group) is 1. The number of carbonyl (C=O) groups is 1. The highest BCUT2D eigenvalue weighted by Crippen LogP contribution is 2.21. The van der Waals surface area contributed by atoms with Crippen molar-refractivity contribution in [2.75, 3.05) is 20.1 Å². The number of nitrogens with one attached hydrogen (secondary N) is 1. The second kappa shape index (κ2) is 7.28. The topological polar surface area (TPSA) is 32.3 Å². The van der Waals surface area contributed by atoms with Gasteiger partial charge in [0.05, 0.1) is 4.83 Å². The Balaban J connectivity index is 2.12. The Morgan fingerprint density at radius 2 is 2.12 bits per heavy atom. The zero-order valence-corrected chi connectivity index (χ0v) is 11.9. The highest BCUT2D eigenvalue weighted by atomic mass is 79.9. The van der Waals surface area contributed by atoms with E-state index in [0.29, 0.717) is 0 Å². The Labute approximate surface area is 107 Å². The molecule has 3 nitrogen and oxygen atoms in total. The van der Waals surface area contributed by atoms with Gasteiger partial charge in [-0.25, -0.2) is 0 Å². The fourth-order valence-electron chi connectivity index (χ4n) is 2.18. The van der Waals surface area contributed by atoms with E-state index in [2.05, 4.69) is 33.2 Å². The van der Waals surface area contributed by atoms with Crippen molar-refractivity contribution < 1.29 is 4.79 Å². The van der Waals surface area contributed by atoms with Crippen LogP contribution in [0.15, 0.2) is 0 Å². The Hall–Kier alpha value is -0.0900. The second-order valence-electron chi connectivity index (χ2n) is 4.59. The number of halogens is 1. The van der Waals surface area contributed by atoms with Gasteiger partial charge in [0.1, 0.15) is 0 Å². The van der Waals surface area contributed by atoms with Gasteiger partial charge in [0.25, 0.3) is 0 Å². The third kappa shape index (κ3) is 4.42. The summed E-state index contributed by atoms with van der Waals surface area (Å²) < 4.78 is 0. The van der Waals surface area contributed by atoms with Gasteiger partial charge in [-0.1, -0.05) is 35.7 Å². The van der Waals surface area contributed by atoms with Gasteiger partial charge in [-0.3, -0.25) is 4.79 Å². The summed E-state index contributed by atoms with van der Waals surface area (Å²) in [6.07, 6.45) is 6.20. The molecule has 0 aliphatic heterocycles. The first kappa shape index (κ1) is 14.0. The van der Waals surface area contributed by atoms with Crippen molar-refractivity contribution in [1.82, 2.24) is 10.2 Å². The van der Waals surface area contributed by atoms with Crippen LogP contribution >= 0.6 is 15.9 Å². The van der Waals surface area contributed by atoms with Gasteiger partial charge < -0.3 is 10.2 Å². The minimum Gasteiger partial charge on any atom is -0.354 e. The van der Waals surface area contributed by atoms with Gasteiger partial charge in [-0.2, -0.15) is 0 Å². The smallest absolute Gasteiger partial charge is 0.233 e. The zero-order chi connectivity index (χ0) is 12.0. The van der Waals surface area contributed by atoms with E-state index < -0.39 is 0 Å². The van der Waals surface area contributed by atoms with Crippen LogP contribution in [0, 0.1) is 0 Å². The van der Waals surface area contributed by atoms with E-state index in [4.69, 9.17) is 0 Å². The molecule has 1 saturated carbocycles. The molecule has 1 unspecified atom stereocenters. The van der Waals surface area contributed by atoms with Crippen LogP contribution in [0.4, 0.5) is 0 Å². The van der Waals surface area contributed by atoms with E-state index in [-0.39, 0.29) is 10.7 Å². The summed E-state index contributed by atoms with van der Waals surface area (Å²) in [5.74, 6) is 0.113. The van der Waals surface area contributed by atoms with Gasteiger partial charge in [0, 0.05) is 19.1 Å². The molecule has 0 spiro atoms. The van der Waals surface area contributed by atoms with Gasteiger partial charge in [0.2, 0.25) is 5.91 Å². The lowest BCUT2D eigenvalue weighted by atomic mass is 10.2. The van der Waals surface area contributed by atoms with Gasteiger partial charge >= 0.3 is 0 Å². The molecule has 4 heteroatoms. The molecule has 1 fully saturated rings. The van der Waals surface area contributed by atoms with Crippen LogP contribution in [0.3, 0.4) is 0 Å². The van der Waals surface area contributed by atoms with Crippen LogP contribution in [0.25, 0.3) is 0 Å². The van der Waals surface area contributed by atoms with Gasteiger partial charge in [-0.05, 0) is 26.3 Å². The monoisotopic (exact) mass is 290 g/mol. The van der Waals surface area contributed by atoms with Crippen LogP contribution in [0.1, 0.15) is 39.0 Å². The Morgan fingerprint density at radius 1 is 1.50 bits per heavy atom. The molecule has 0 heterocycles. The molecule has 0 aromatic carbocycles. The SMILES string of the molecule is CCC(Br)C(=O)NCCN(C)C1CCCC1. The fourth-order valence-corrected chi connectivity index (χ4v) is 2.34. The maximum Gasteiger partial charge on any atom is 0.233 e. The molecule has 1 amide bonds. The summed E-state index contributed by atoms with van der Waals surface area (Å²) in [5.41, 5.74) is 0. The molecule has 0 radical (unpaired) electrons.